The summed E-state index contributed by atoms with van der Waals surface area (Å²) in [5.74, 6) is -1.72. The van der Waals surface area contributed by atoms with E-state index in [-0.39, 0.29) is 53.4 Å². The van der Waals surface area contributed by atoms with E-state index in [1.54, 1.807) is 29.1 Å². The first-order valence-electron chi connectivity index (χ1n) is 21.3. The fourth-order valence-electron chi connectivity index (χ4n) is 9.15. The van der Waals surface area contributed by atoms with Crippen LogP contribution < -0.4 is 20.9 Å². The van der Waals surface area contributed by atoms with Crippen LogP contribution in [-0.4, -0.2) is 123 Å². The molecule has 0 radical (unpaired) electrons. The molecule has 1 aromatic carbocycles. The Morgan fingerprint density at radius 1 is 0.968 bits per heavy atom. The molecule has 1 saturated carbocycles. The van der Waals surface area contributed by atoms with Crippen LogP contribution in [0.5, 0.6) is 0 Å². The van der Waals surface area contributed by atoms with Crippen LogP contribution in [0.25, 0.3) is 5.65 Å². The molecule has 3 atom stereocenters. The van der Waals surface area contributed by atoms with Gasteiger partial charge in [-0.1, -0.05) is 6.07 Å². The SMILES string of the molecule is O=C1CCC(N2C(=O)c3cccc(NCCCOCCCOCC4CCC(n5cc(NC(=O)c6cnn7ccc(N8C[C@H]9C[C@@H]8CO9)nc67)c(C(F)F)n5)CC4)c3C2=O)C(=O)N1. The van der Waals surface area contributed by atoms with Crippen molar-refractivity contribution in [1.29, 1.82) is 0 Å². The number of carbonyl (C=O) groups is 5. The lowest BCUT2D eigenvalue weighted by Gasteiger charge is -2.28. The van der Waals surface area contributed by atoms with Gasteiger partial charge < -0.3 is 29.7 Å². The minimum absolute atomic E-state index is 0.0351. The number of hydrogen-bond donors (Lipinski definition) is 3. The molecule has 20 heteroatoms. The summed E-state index contributed by atoms with van der Waals surface area (Å²) in [5, 5.41) is 16.6. The van der Waals surface area contributed by atoms with Crippen LogP contribution in [0.1, 0.15) is 107 Å². The Bertz CT molecular complexity index is 2360. The minimum Gasteiger partial charge on any atom is -0.384 e. The summed E-state index contributed by atoms with van der Waals surface area (Å²) in [4.78, 5) is 71.6. The molecule has 328 valence electrons. The zero-order valence-corrected chi connectivity index (χ0v) is 34.0. The monoisotopic (exact) mass is 858 g/mol. The average molecular weight is 859 g/mol. The van der Waals surface area contributed by atoms with E-state index in [4.69, 9.17) is 19.2 Å². The minimum atomic E-state index is -2.88. The highest BCUT2D eigenvalue weighted by Crippen LogP contribution is 2.36. The van der Waals surface area contributed by atoms with E-state index in [0.29, 0.717) is 69.7 Å². The molecule has 1 aliphatic carbocycles. The van der Waals surface area contributed by atoms with Crippen molar-refractivity contribution in [2.45, 2.75) is 88.4 Å². The molecule has 5 aliphatic rings. The Labute approximate surface area is 354 Å². The molecule has 3 N–H and O–H groups in total. The third kappa shape index (κ3) is 8.37. The molecule has 0 spiro atoms. The summed E-state index contributed by atoms with van der Waals surface area (Å²) < 4.78 is 48.9. The van der Waals surface area contributed by atoms with Crippen molar-refractivity contribution in [3.8, 4) is 0 Å². The van der Waals surface area contributed by atoms with Crippen LogP contribution >= 0.6 is 0 Å². The van der Waals surface area contributed by atoms with Crippen molar-refractivity contribution >= 4 is 52.4 Å². The molecule has 9 rings (SSSR count). The number of benzene rings is 1. The van der Waals surface area contributed by atoms with Crippen molar-refractivity contribution in [2.24, 2.45) is 5.92 Å². The maximum absolute atomic E-state index is 14.2. The molecule has 7 heterocycles. The normalized spacial score (nSPS) is 23.5. The van der Waals surface area contributed by atoms with Gasteiger partial charge in [0.25, 0.3) is 24.1 Å². The second-order valence-corrected chi connectivity index (χ2v) is 16.4. The number of imide groups is 2. The fraction of sp³-hybridized carbons (Fsp3) is 0.524. The third-order valence-electron chi connectivity index (χ3n) is 12.4. The van der Waals surface area contributed by atoms with E-state index in [0.717, 1.165) is 49.4 Å². The molecule has 5 amide bonds. The number of aromatic nitrogens is 5. The number of morpholine rings is 1. The first-order valence-corrected chi connectivity index (χ1v) is 21.3. The van der Waals surface area contributed by atoms with Gasteiger partial charge in [0.2, 0.25) is 11.8 Å². The van der Waals surface area contributed by atoms with Gasteiger partial charge in [-0.3, -0.25) is 38.9 Å². The number of amides is 5. The number of carbonyl (C=O) groups excluding carboxylic acids is 5. The predicted molar refractivity (Wildman–Crippen MR) is 217 cm³/mol. The molecule has 2 bridgehead atoms. The van der Waals surface area contributed by atoms with Gasteiger partial charge in [-0.25, -0.2) is 18.3 Å². The summed E-state index contributed by atoms with van der Waals surface area (Å²) in [6, 6.07) is 5.93. The highest BCUT2D eigenvalue weighted by molar-refractivity contribution is 6.25. The number of ether oxygens (including phenoxy) is 3. The van der Waals surface area contributed by atoms with Crippen molar-refractivity contribution < 1.29 is 47.0 Å². The summed E-state index contributed by atoms with van der Waals surface area (Å²) in [6.07, 6.45) is 7.53. The number of hydrogen-bond acceptors (Lipinski definition) is 13. The average Bonchev–Trinajstić information content (AvgIpc) is 4.12. The molecular formula is C42H48F2N10O8. The van der Waals surface area contributed by atoms with Crippen LogP contribution in [0.3, 0.4) is 0 Å². The molecule has 3 saturated heterocycles. The Morgan fingerprint density at radius 2 is 1.79 bits per heavy atom. The molecule has 18 nitrogen and oxygen atoms in total. The van der Waals surface area contributed by atoms with E-state index >= 15 is 0 Å². The first kappa shape index (κ1) is 41.5. The van der Waals surface area contributed by atoms with Gasteiger partial charge in [-0.2, -0.15) is 10.2 Å². The van der Waals surface area contributed by atoms with Gasteiger partial charge in [0, 0.05) is 64.0 Å². The van der Waals surface area contributed by atoms with Gasteiger partial charge in [0.05, 0.1) is 47.8 Å². The number of anilines is 3. The van der Waals surface area contributed by atoms with Crippen LogP contribution in [0.15, 0.2) is 42.9 Å². The molecular weight excluding hydrogens is 811 g/mol. The Kier molecular flexibility index (Phi) is 11.9. The number of halogens is 2. The molecule has 1 unspecified atom stereocenters. The maximum atomic E-state index is 14.2. The van der Waals surface area contributed by atoms with Crippen LogP contribution in [-0.2, 0) is 23.8 Å². The van der Waals surface area contributed by atoms with E-state index in [1.165, 1.54) is 16.9 Å². The number of alkyl halides is 2. The lowest BCUT2D eigenvalue weighted by molar-refractivity contribution is -0.136. The number of nitrogens with one attached hydrogen (secondary N) is 3. The largest absolute Gasteiger partial charge is 0.384 e. The quantitative estimate of drug-likeness (QED) is 0.101. The highest BCUT2D eigenvalue weighted by atomic mass is 19.3. The Morgan fingerprint density at radius 3 is 2.56 bits per heavy atom. The zero-order valence-electron chi connectivity index (χ0n) is 34.0. The molecule has 62 heavy (non-hydrogen) atoms. The zero-order chi connectivity index (χ0) is 42.9. The number of fused-ring (bicyclic) bond motifs is 4. The molecule has 4 fully saturated rings. The topological polar surface area (TPSA) is 204 Å². The first-order chi connectivity index (χ1) is 30.1. The van der Waals surface area contributed by atoms with E-state index in [9.17, 15) is 32.8 Å². The summed E-state index contributed by atoms with van der Waals surface area (Å²) in [5.41, 5.74) is 0.946. The highest BCUT2D eigenvalue weighted by Gasteiger charge is 2.46. The maximum Gasteiger partial charge on any atom is 0.284 e. The van der Waals surface area contributed by atoms with Crippen molar-refractivity contribution in [1.82, 2.24) is 34.6 Å². The van der Waals surface area contributed by atoms with Crippen molar-refractivity contribution in [2.75, 3.05) is 61.7 Å². The number of piperidine rings is 1. The fourth-order valence-corrected chi connectivity index (χ4v) is 9.15. The smallest absolute Gasteiger partial charge is 0.284 e. The van der Waals surface area contributed by atoms with Gasteiger partial charge in [0.1, 0.15) is 17.4 Å². The molecule has 4 aliphatic heterocycles. The van der Waals surface area contributed by atoms with Gasteiger partial charge in [-0.15, -0.1) is 0 Å². The Hall–Kier alpha value is -5.86. The number of nitrogens with zero attached hydrogens (tertiary/aromatic N) is 7. The standard InChI is InChI=1S/C42H48F2N10O8/c43-37(44)36-31(47-39(56)29-19-46-52-14-12-33(48-38(29)52)51-20-27-18-26(51)23-62-27)21-53(50-36)25-8-6-24(7-9-25)22-61-17-3-16-60-15-2-13-45-30-5-1-4-28-35(30)42(59)54(41(28)58)32-10-11-34(55)49-40(32)57/h1,4-5,12,14,19,21,24-27,32,37,45H,2-3,6-11,13,15-18,20,22-23H2,(H,47,56)(H,49,55,57)/t24?,25?,26-,27-,32?/m1/s1. The van der Waals surface area contributed by atoms with Gasteiger partial charge >= 0.3 is 0 Å². The predicted octanol–water partition coefficient (Wildman–Crippen LogP) is 4.15. The van der Waals surface area contributed by atoms with Crippen molar-refractivity contribution in [3.05, 3.63) is 65.2 Å². The van der Waals surface area contributed by atoms with Gasteiger partial charge in [-0.05, 0) is 75.5 Å². The number of rotatable bonds is 17. The summed E-state index contributed by atoms with van der Waals surface area (Å²) in [6.45, 7) is 3.96. The molecule has 4 aromatic rings. The second kappa shape index (κ2) is 17.9. The Balaban J connectivity index is 0.675. The van der Waals surface area contributed by atoms with E-state index in [1.807, 2.05) is 6.07 Å². The third-order valence-corrected chi connectivity index (χ3v) is 12.4. The summed E-state index contributed by atoms with van der Waals surface area (Å²) >= 11 is 0. The lowest BCUT2D eigenvalue weighted by atomic mass is 9.86. The lowest BCUT2D eigenvalue weighted by Crippen LogP contribution is -2.54. The van der Waals surface area contributed by atoms with Gasteiger partial charge in [0.15, 0.2) is 11.3 Å². The second-order valence-electron chi connectivity index (χ2n) is 16.4. The van der Waals surface area contributed by atoms with E-state index in [2.05, 4.69) is 31.0 Å². The van der Waals surface area contributed by atoms with Crippen LogP contribution in [0.2, 0.25) is 0 Å². The summed E-state index contributed by atoms with van der Waals surface area (Å²) in [7, 11) is 0. The van der Waals surface area contributed by atoms with E-state index < -0.39 is 47.7 Å². The molecule has 3 aromatic heterocycles. The van der Waals surface area contributed by atoms with Crippen LogP contribution in [0.4, 0.5) is 26.0 Å². The van der Waals surface area contributed by atoms with Crippen LogP contribution in [0, 0.1) is 5.92 Å². The van der Waals surface area contributed by atoms with Crippen molar-refractivity contribution in [3.63, 3.8) is 0 Å².